The van der Waals surface area contributed by atoms with E-state index < -0.39 is 5.97 Å². The molecule has 0 unspecified atom stereocenters. The summed E-state index contributed by atoms with van der Waals surface area (Å²) < 4.78 is 18.8. The van der Waals surface area contributed by atoms with E-state index >= 15 is 0 Å². The number of halogens is 1. The maximum absolute atomic E-state index is 13.3. The molecule has 1 aliphatic rings. The third kappa shape index (κ3) is 4.36. The SMILES string of the molecule is O=C(O)CCN(C[C@@H]1CCCO1)C(=O)Cc1c[nH]c2cc(F)ccc12. The van der Waals surface area contributed by atoms with E-state index in [0.717, 1.165) is 23.8 Å². The number of benzene rings is 1. The molecule has 0 aliphatic carbocycles. The summed E-state index contributed by atoms with van der Waals surface area (Å²) >= 11 is 0. The molecule has 1 aliphatic heterocycles. The number of carbonyl (C=O) groups is 2. The first kappa shape index (κ1) is 17.4. The number of rotatable bonds is 7. The molecule has 2 N–H and O–H groups in total. The largest absolute Gasteiger partial charge is 0.481 e. The van der Waals surface area contributed by atoms with Crippen LogP contribution in [0, 0.1) is 5.82 Å². The number of hydrogen-bond acceptors (Lipinski definition) is 3. The first-order valence-electron chi connectivity index (χ1n) is 8.39. The van der Waals surface area contributed by atoms with Crippen molar-refractivity contribution >= 4 is 22.8 Å². The third-order valence-electron chi connectivity index (χ3n) is 4.47. The van der Waals surface area contributed by atoms with Gasteiger partial charge in [-0.1, -0.05) is 0 Å². The highest BCUT2D eigenvalue weighted by atomic mass is 19.1. The molecule has 7 heteroatoms. The lowest BCUT2D eigenvalue weighted by molar-refractivity contribution is -0.139. The zero-order valence-corrected chi connectivity index (χ0v) is 13.8. The van der Waals surface area contributed by atoms with Crippen molar-refractivity contribution in [3.63, 3.8) is 0 Å². The molecule has 1 aromatic heterocycles. The molecular formula is C18H21FN2O4. The van der Waals surface area contributed by atoms with Crippen molar-refractivity contribution in [2.24, 2.45) is 0 Å². The number of aromatic amines is 1. The lowest BCUT2D eigenvalue weighted by atomic mass is 10.1. The minimum atomic E-state index is -0.937. The second-order valence-corrected chi connectivity index (χ2v) is 6.30. The molecule has 25 heavy (non-hydrogen) atoms. The monoisotopic (exact) mass is 348 g/mol. The number of carboxylic acid groups (broad SMARTS) is 1. The molecule has 1 aromatic carbocycles. The Hall–Kier alpha value is -2.41. The van der Waals surface area contributed by atoms with Gasteiger partial charge in [-0.05, 0) is 36.6 Å². The van der Waals surface area contributed by atoms with Gasteiger partial charge in [-0.25, -0.2) is 4.39 Å². The van der Waals surface area contributed by atoms with Crippen molar-refractivity contribution in [1.82, 2.24) is 9.88 Å². The molecule has 3 rings (SSSR count). The number of nitrogens with one attached hydrogen (secondary N) is 1. The quantitative estimate of drug-likeness (QED) is 0.804. The number of ether oxygens (including phenoxy) is 1. The van der Waals surface area contributed by atoms with E-state index in [1.54, 1.807) is 17.2 Å². The number of amides is 1. The van der Waals surface area contributed by atoms with Crippen molar-refractivity contribution in [3.8, 4) is 0 Å². The van der Waals surface area contributed by atoms with Crippen molar-refractivity contribution < 1.29 is 23.8 Å². The van der Waals surface area contributed by atoms with Gasteiger partial charge in [-0.3, -0.25) is 9.59 Å². The number of carbonyl (C=O) groups excluding carboxylic acids is 1. The molecule has 1 fully saturated rings. The Bertz CT molecular complexity index is 768. The zero-order valence-electron chi connectivity index (χ0n) is 13.8. The average molecular weight is 348 g/mol. The Kier molecular flexibility index (Phi) is 5.33. The van der Waals surface area contributed by atoms with Crippen LogP contribution in [0.3, 0.4) is 0 Å². The molecule has 6 nitrogen and oxygen atoms in total. The predicted octanol–water partition coefficient (Wildman–Crippen LogP) is 2.33. The second-order valence-electron chi connectivity index (χ2n) is 6.30. The smallest absolute Gasteiger partial charge is 0.305 e. The molecule has 1 atom stereocenters. The van der Waals surface area contributed by atoms with E-state index in [4.69, 9.17) is 9.84 Å². The number of hydrogen-bond donors (Lipinski definition) is 2. The minimum Gasteiger partial charge on any atom is -0.481 e. The van der Waals surface area contributed by atoms with E-state index in [1.165, 1.54) is 12.1 Å². The number of aromatic nitrogens is 1. The normalized spacial score (nSPS) is 17.1. The van der Waals surface area contributed by atoms with Gasteiger partial charge in [-0.15, -0.1) is 0 Å². The Morgan fingerprint density at radius 2 is 2.24 bits per heavy atom. The Morgan fingerprint density at radius 3 is 2.96 bits per heavy atom. The van der Waals surface area contributed by atoms with Crippen LogP contribution in [0.2, 0.25) is 0 Å². The number of carboxylic acids is 1. The van der Waals surface area contributed by atoms with E-state index in [2.05, 4.69) is 4.98 Å². The molecule has 2 aromatic rings. The van der Waals surface area contributed by atoms with Gasteiger partial charge in [0.1, 0.15) is 5.82 Å². The molecule has 1 saturated heterocycles. The summed E-state index contributed by atoms with van der Waals surface area (Å²) in [4.78, 5) is 28.1. The first-order chi connectivity index (χ1) is 12.0. The van der Waals surface area contributed by atoms with Crippen LogP contribution in [-0.2, 0) is 20.7 Å². The summed E-state index contributed by atoms with van der Waals surface area (Å²) in [6, 6.07) is 4.39. The molecule has 134 valence electrons. The van der Waals surface area contributed by atoms with Crippen molar-refractivity contribution in [2.45, 2.75) is 31.8 Å². The Labute approximate surface area is 144 Å². The topological polar surface area (TPSA) is 82.6 Å². The summed E-state index contributed by atoms with van der Waals surface area (Å²) in [5.41, 5.74) is 1.41. The zero-order chi connectivity index (χ0) is 17.8. The van der Waals surface area contributed by atoms with Gasteiger partial charge >= 0.3 is 5.97 Å². The van der Waals surface area contributed by atoms with Crippen LogP contribution in [-0.4, -0.2) is 52.7 Å². The van der Waals surface area contributed by atoms with E-state index in [9.17, 15) is 14.0 Å². The van der Waals surface area contributed by atoms with Crippen LogP contribution in [0.15, 0.2) is 24.4 Å². The summed E-state index contributed by atoms with van der Waals surface area (Å²) in [6.45, 7) is 1.24. The minimum absolute atomic E-state index is 0.0326. The van der Waals surface area contributed by atoms with Crippen molar-refractivity contribution in [1.29, 1.82) is 0 Å². The van der Waals surface area contributed by atoms with Crippen LogP contribution in [0.4, 0.5) is 4.39 Å². The number of fused-ring (bicyclic) bond motifs is 1. The predicted molar refractivity (Wildman–Crippen MR) is 89.8 cm³/mol. The van der Waals surface area contributed by atoms with E-state index in [1.807, 2.05) is 0 Å². The highest BCUT2D eigenvalue weighted by Crippen LogP contribution is 2.21. The highest BCUT2D eigenvalue weighted by Gasteiger charge is 2.23. The van der Waals surface area contributed by atoms with Crippen molar-refractivity contribution in [2.75, 3.05) is 19.7 Å². The van der Waals surface area contributed by atoms with Crippen LogP contribution in [0.5, 0.6) is 0 Å². The molecular weight excluding hydrogens is 327 g/mol. The van der Waals surface area contributed by atoms with Crippen LogP contribution >= 0.6 is 0 Å². The van der Waals surface area contributed by atoms with Crippen LogP contribution < -0.4 is 0 Å². The maximum atomic E-state index is 13.3. The van der Waals surface area contributed by atoms with Gasteiger partial charge in [-0.2, -0.15) is 0 Å². The molecule has 0 saturated carbocycles. The standard InChI is InChI=1S/C18H21FN2O4/c19-13-3-4-15-12(10-20-16(15)9-13)8-17(22)21(6-5-18(23)24)11-14-2-1-7-25-14/h3-4,9-10,14,20H,1-2,5-8,11H2,(H,23,24)/t14-/m0/s1. The fraction of sp³-hybridized carbons (Fsp3) is 0.444. The van der Waals surface area contributed by atoms with Crippen LogP contribution in [0.25, 0.3) is 10.9 Å². The van der Waals surface area contributed by atoms with Gasteiger partial charge in [0.05, 0.1) is 18.9 Å². The third-order valence-corrected chi connectivity index (χ3v) is 4.47. The molecule has 2 heterocycles. The fourth-order valence-corrected chi connectivity index (χ4v) is 3.16. The van der Waals surface area contributed by atoms with E-state index in [0.29, 0.717) is 18.7 Å². The van der Waals surface area contributed by atoms with Gasteiger partial charge in [0.2, 0.25) is 5.91 Å². The van der Waals surface area contributed by atoms with Gasteiger partial charge < -0.3 is 19.7 Å². The van der Waals surface area contributed by atoms with Gasteiger partial charge in [0.25, 0.3) is 0 Å². The number of H-pyrrole nitrogens is 1. The molecule has 0 radical (unpaired) electrons. The molecule has 0 bridgehead atoms. The van der Waals surface area contributed by atoms with E-state index in [-0.39, 0.29) is 37.2 Å². The molecule has 1 amide bonds. The van der Waals surface area contributed by atoms with Gasteiger partial charge in [0, 0.05) is 36.8 Å². The Morgan fingerprint density at radius 1 is 1.40 bits per heavy atom. The average Bonchev–Trinajstić information content (AvgIpc) is 3.21. The summed E-state index contributed by atoms with van der Waals surface area (Å²) in [6.07, 6.45) is 3.54. The Balaban J connectivity index is 1.72. The van der Waals surface area contributed by atoms with Gasteiger partial charge in [0.15, 0.2) is 0 Å². The first-order valence-corrected chi connectivity index (χ1v) is 8.39. The molecule has 0 spiro atoms. The lowest BCUT2D eigenvalue weighted by Gasteiger charge is -2.25. The highest BCUT2D eigenvalue weighted by molar-refractivity contribution is 5.89. The summed E-state index contributed by atoms with van der Waals surface area (Å²) in [5, 5.41) is 9.72. The number of aliphatic carboxylic acids is 1. The fourth-order valence-electron chi connectivity index (χ4n) is 3.16. The van der Waals surface area contributed by atoms with Crippen LogP contribution in [0.1, 0.15) is 24.8 Å². The lowest BCUT2D eigenvalue weighted by Crippen LogP contribution is -2.39. The maximum Gasteiger partial charge on any atom is 0.305 e. The van der Waals surface area contributed by atoms with Crippen molar-refractivity contribution in [3.05, 3.63) is 35.8 Å². The second kappa shape index (κ2) is 7.65. The summed E-state index contributed by atoms with van der Waals surface area (Å²) in [7, 11) is 0. The summed E-state index contributed by atoms with van der Waals surface area (Å²) in [5.74, 6) is -1.43. The number of nitrogens with zero attached hydrogens (tertiary/aromatic N) is 1.